The number of nitrogens with zero attached hydrogens (tertiary/aromatic N) is 2. The first-order valence-electron chi connectivity index (χ1n) is 7.62. The molecule has 0 aromatic carbocycles. The van der Waals surface area contributed by atoms with Crippen molar-refractivity contribution in [1.82, 2.24) is 15.1 Å². The quantitative estimate of drug-likeness (QED) is 0.771. The van der Waals surface area contributed by atoms with Crippen LogP contribution < -0.4 is 5.32 Å². The van der Waals surface area contributed by atoms with E-state index in [0.29, 0.717) is 12.1 Å². The molecule has 1 aliphatic carbocycles. The van der Waals surface area contributed by atoms with Crippen molar-refractivity contribution in [2.75, 3.05) is 26.2 Å². The predicted molar refractivity (Wildman–Crippen MR) is 71.6 cm³/mol. The lowest BCUT2D eigenvalue weighted by molar-refractivity contribution is 0.0499. The minimum Gasteiger partial charge on any atom is -0.335 e. The van der Waals surface area contributed by atoms with Gasteiger partial charge in [0.2, 0.25) is 0 Å². The van der Waals surface area contributed by atoms with E-state index in [2.05, 4.69) is 15.1 Å². The summed E-state index contributed by atoms with van der Waals surface area (Å²) in [7, 11) is 0. The van der Waals surface area contributed by atoms with E-state index in [0.717, 1.165) is 19.5 Å². The first kappa shape index (κ1) is 12.3. The van der Waals surface area contributed by atoms with Gasteiger partial charge in [0.25, 0.3) is 0 Å². The molecule has 0 aromatic rings. The van der Waals surface area contributed by atoms with Crippen LogP contribution >= 0.6 is 0 Å². The zero-order chi connectivity index (χ0) is 12.4. The average Bonchev–Trinajstić information content (AvgIpc) is 2.81. The van der Waals surface area contributed by atoms with E-state index in [1.54, 1.807) is 0 Å². The summed E-state index contributed by atoms with van der Waals surface area (Å²) in [4.78, 5) is 16.9. The molecule has 18 heavy (non-hydrogen) atoms. The Kier molecular flexibility index (Phi) is 3.73. The molecule has 2 heterocycles. The van der Waals surface area contributed by atoms with Crippen molar-refractivity contribution in [3.05, 3.63) is 0 Å². The Morgan fingerprint density at radius 1 is 0.944 bits per heavy atom. The Morgan fingerprint density at radius 2 is 1.72 bits per heavy atom. The van der Waals surface area contributed by atoms with Crippen molar-refractivity contribution in [3.8, 4) is 0 Å². The predicted octanol–water partition coefficient (Wildman–Crippen LogP) is 1.81. The summed E-state index contributed by atoms with van der Waals surface area (Å²) < 4.78 is 0. The van der Waals surface area contributed by atoms with E-state index in [1.165, 1.54) is 51.6 Å². The smallest absolute Gasteiger partial charge is 0.317 e. The van der Waals surface area contributed by atoms with Crippen LogP contribution in [0.15, 0.2) is 0 Å². The number of hydrogen-bond acceptors (Lipinski definition) is 2. The molecule has 2 aliphatic heterocycles. The molecule has 0 aromatic heterocycles. The summed E-state index contributed by atoms with van der Waals surface area (Å²) in [6.45, 7) is 4.37. The zero-order valence-electron chi connectivity index (χ0n) is 11.2. The SMILES string of the molecule is O=C(NC1CCCC1)N1CCCCN2CC[C@@H]2C1. The summed E-state index contributed by atoms with van der Waals surface area (Å²) in [5, 5.41) is 3.22. The van der Waals surface area contributed by atoms with Crippen LogP contribution in [-0.2, 0) is 0 Å². The second kappa shape index (κ2) is 5.47. The van der Waals surface area contributed by atoms with Crippen molar-refractivity contribution < 1.29 is 4.79 Å². The molecule has 3 aliphatic rings. The third-order valence-electron chi connectivity index (χ3n) is 4.79. The highest BCUT2D eigenvalue weighted by Crippen LogP contribution is 2.22. The normalized spacial score (nSPS) is 30.2. The maximum absolute atomic E-state index is 12.3. The third-order valence-corrected chi connectivity index (χ3v) is 4.79. The van der Waals surface area contributed by atoms with Gasteiger partial charge in [-0.1, -0.05) is 12.8 Å². The van der Waals surface area contributed by atoms with Gasteiger partial charge >= 0.3 is 6.03 Å². The Balaban J connectivity index is 1.53. The van der Waals surface area contributed by atoms with Crippen LogP contribution in [-0.4, -0.2) is 54.1 Å². The molecule has 3 fully saturated rings. The summed E-state index contributed by atoms with van der Waals surface area (Å²) in [5.41, 5.74) is 0. The highest BCUT2D eigenvalue weighted by Gasteiger charge is 2.32. The summed E-state index contributed by atoms with van der Waals surface area (Å²) >= 11 is 0. The largest absolute Gasteiger partial charge is 0.335 e. The molecule has 4 heteroatoms. The summed E-state index contributed by atoms with van der Waals surface area (Å²) in [6, 6.07) is 1.27. The zero-order valence-corrected chi connectivity index (χ0v) is 11.2. The van der Waals surface area contributed by atoms with Crippen LogP contribution in [0.3, 0.4) is 0 Å². The maximum Gasteiger partial charge on any atom is 0.317 e. The molecule has 0 bridgehead atoms. The third kappa shape index (κ3) is 2.63. The highest BCUT2D eigenvalue weighted by molar-refractivity contribution is 5.74. The maximum atomic E-state index is 12.3. The van der Waals surface area contributed by atoms with E-state index in [1.807, 2.05) is 0 Å². The second-order valence-corrected chi connectivity index (χ2v) is 6.06. The van der Waals surface area contributed by atoms with Crippen LogP contribution in [0.25, 0.3) is 0 Å². The Hall–Kier alpha value is -0.770. The van der Waals surface area contributed by atoms with Gasteiger partial charge in [-0.15, -0.1) is 0 Å². The number of nitrogens with one attached hydrogen (secondary N) is 1. The van der Waals surface area contributed by atoms with E-state index in [4.69, 9.17) is 0 Å². The van der Waals surface area contributed by atoms with E-state index in [-0.39, 0.29) is 6.03 Å². The van der Waals surface area contributed by atoms with Gasteiger partial charge in [-0.25, -0.2) is 4.79 Å². The number of rotatable bonds is 1. The van der Waals surface area contributed by atoms with Gasteiger partial charge in [-0.3, -0.25) is 4.90 Å². The molecule has 3 rings (SSSR count). The average molecular weight is 251 g/mol. The highest BCUT2D eigenvalue weighted by atomic mass is 16.2. The molecule has 1 N–H and O–H groups in total. The second-order valence-electron chi connectivity index (χ2n) is 6.06. The first-order valence-corrected chi connectivity index (χ1v) is 7.62. The lowest BCUT2D eigenvalue weighted by Gasteiger charge is -2.45. The van der Waals surface area contributed by atoms with Crippen molar-refractivity contribution in [2.24, 2.45) is 0 Å². The van der Waals surface area contributed by atoms with Crippen LogP contribution in [0, 0.1) is 0 Å². The first-order chi connectivity index (χ1) is 8.83. The molecule has 2 amide bonds. The number of hydrogen-bond donors (Lipinski definition) is 1. The molecule has 4 nitrogen and oxygen atoms in total. The molecule has 1 atom stereocenters. The van der Waals surface area contributed by atoms with Gasteiger partial charge < -0.3 is 10.2 Å². The molecular weight excluding hydrogens is 226 g/mol. The van der Waals surface area contributed by atoms with Gasteiger partial charge in [0.05, 0.1) is 0 Å². The Morgan fingerprint density at radius 3 is 2.44 bits per heavy atom. The standard InChI is InChI=1S/C14H25N3O/c18-14(15-12-5-1-2-6-12)17-9-4-3-8-16-10-7-13(16)11-17/h12-13H,1-11H2,(H,15,18)/t13-/m1/s1. The van der Waals surface area contributed by atoms with Crippen molar-refractivity contribution in [2.45, 2.75) is 57.0 Å². The topological polar surface area (TPSA) is 35.6 Å². The van der Waals surface area contributed by atoms with Crippen LogP contribution in [0.5, 0.6) is 0 Å². The number of carbonyl (C=O) groups excluding carboxylic acids is 1. The molecule has 0 radical (unpaired) electrons. The monoisotopic (exact) mass is 251 g/mol. The molecular formula is C14H25N3O. The summed E-state index contributed by atoms with van der Waals surface area (Å²) in [5.74, 6) is 0. The molecule has 0 spiro atoms. The molecule has 0 unspecified atom stereocenters. The number of carbonyl (C=O) groups is 1. The number of amides is 2. The van der Waals surface area contributed by atoms with Crippen LogP contribution in [0.2, 0.25) is 0 Å². The van der Waals surface area contributed by atoms with Gasteiger partial charge in [0.15, 0.2) is 0 Å². The fourth-order valence-corrected chi connectivity index (χ4v) is 3.48. The van der Waals surface area contributed by atoms with Crippen LogP contribution in [0.1, 0.15) is 44.9 Å². The van der Waals surface area contributed by atoms with Crippen molar-refractivity contribution in [1.29, 1.82) is 0 Å². The van der Waals surface area contributed by atoms with E-state index < -0.39 is 0 Å². The van der Waals surface area contributed by atoms with Gasteiger partial charge in [0.1, 0.15) is 0 Å². The van der Waals surface area contributed by atoms with Gasteiger partial charge in [-0.2, -0.15) is 0 Å². The minimum absolute atomic E-state index is 0.190. The lowest BCUT2D eigenvalue weighted by Crippen LogP contribution is -2.57. The van der Waals surface area contributed by atoms with Crippen LogP contribution in [0.4, 0.5) is 4.79 Å². The van der Waals surface area contributed by atoms with E-state index >= 15 is 0 Å². The number of fused-ring (bicyclic) bond motifs is 1. The number of urea groups is 1. The molecule has 2 saturated heterocycles. The van der Waals surface area contributed by atoms with Gasteiger partial charge in [0, 0.05) is 31.7 Å². The molecule has 102 valence electrons. The van der Waals surface area contributed by atoms with E-state index in [9.17, 15) is 4.79 Å². The van der Waals surface area contributed by atoms with Gasteiger partial charge in [-0.05, 0) is 38.6 Å². The van der Waals surface area contributed by atoms with Crippen molar-refractivity contribution in [3.63, 3.8) is 0 Å². The molecule has 1 saturated carbocycles. The fraction of sp³-hybridized carbons (Fsp3) is 0.929. The van der Waals surface area contributed by atoms with Crippen molar-refractivity contribution >= 4 is 6.03 Å². The minimum atomic E-state index is 0.190. The lowest BCUT2D eigenvalue weighted by atomic mass is 10.00. The fourth-order valence-electron chi connectivity index (χ4n) is 3.48. The Bertz CT molecular complexity index is 301. The summed E-state index contributed by atoms with van der Waals surface area (Å²) in [6.07, 6.45) is 8.57. The Labute approximate surface area is 110 Å².